The van der Waals surface area contributed by atoms with Gasteiger partial charge in [-0.15, -0.1) is 0 Å². The molecule has 0 atom stereocenters. The van der Waals surface area contributed by atoms with Crippen molar-refractivity contribution in [3.63, 3.8) is 0 Å². The number of carbonyl (C=O) groups is 3. The molecule has 1 saturated heterocycles. The highest BCUT2D eigenvalue weighted by molar-refractivity contribution is 5.95. The number of hydrogen-bond acceptors (Lipinski definition) is 7. The first-order valence-corrected chi connectivity index (χ1v) is 8.32. The normalized spacial score (nSPS) is 14.1. The summed E-state index contributed by atoms with van der Waals surface area (Å²) in [6.07, 6.45) is 1.87. The van der Waals surface area contributed by atoms with Crippen LogP contribution in [0.15, 0.2) is 36.4 Å². The van der Waals surface area contributed by atoms with Gasteiger partial charge >= 0.3 is 11.9 Å². The molecule has 1 amide bonds. The molecule has 26 heavy (non-hydrogen) atoms. The monoisotopic (exact) mass is 362 g/mol. The van der Waals surface area contributed by atoms with Gasteiger partial charge in [0.2, 0.25) is 0 Å². The lowest BCUT2D eigenvalue weighted by molar-refractivity contribution is -0.143. The maximum absolute atomic E-state index is 11.8. The lowest BCUT2D eigenvalue weighted by Crippen LogP contribution is -2.36. The van der Waals surface area contributed by atoms with Gasteiger partial charge in [0.05, 0.1) is 19.8 Å². The fourth-order valence-corrected chi connectivity index (χ4v) is 2.29. The average molecular weight is 362 g/mol. The number of benzene rings is 1. The zero-order chi connectivity index (χ0) is 18.8. The summed E-state index contributed by atoms with van der Waals surface area (Å²) in [7, 11) is 0. The summed E-state index contributed by atoms with van der Waals surface area (Å²) in [6, 6.07) is 7.39. The predicted molar refractivity (Wildman–Crippen MR) is 94.8 cm³/mol. The van der Waals surface area contributed by atoms with Crippen molar-refractivity contribution < 1.29 is 28.6 Å². The van der Waals surface area contributed by atoms with Crippen molar-refractivity contribution in [3.8, 4) is 0 Å². The van der Waals surface area contributed by atoms with Crippen LogP contribution >= 0.6 is 0 Å². The Morgan fingerprint density at radius 2 is 1.69 bits per heavy atom. The van der Waals surface area contributed by atoms with Gasteiger partial charge in [-0.3, -0.25) is 4.79 Å². The number of anilines is 2. The molecular formula is C18H22N2O6. The van der Waals surface area contributed by atoms with Crippen LogP contribution in [0.1, 0.15) is 6.92 Å². The minimum absolute atomic E-state index is 0.213. The molecule has 1 aromatic carbocycles. The quantitative estimate of drug-likeness (QED) is 0.574. The molecule has 8 heteroatoms. The number of hydrogen-bond donors (Lipinski definition) is 1. The summed E-state index contributed by atoms with van der Waals surface area (Å²) in [5.41, 5.74) is 1.66. The van der Waals surface area contributed by atoms with E-state index in [0.29, 0.717) is 18.9 Å². The molecule has 1 aromatic rings. The van der Waals surface area contributed by atoms with Crippen LogP contribution in [0.3, 0.4) is 0 Å². The fourth-order valence-electron chi connectivity index (χ4n) is 2.29. The van der Waals surface area contributed by atoms with Gasteiger partial charge in [0.15, 0.2) is 6.61 Å². The summed E-state index contributed by atoms with van der Waals surface area (Å²) in [6.45, 7) is 4.49. The van der Waals surface area contributed by atoms with Crippen molar-refractivity contribution in [2.24, 2.45) is 0 Å². The molecule has 1 aliphatic heterocycles. The molecule has 140 valence electrons. The summed E-state index contributed by atoms with van der Waals surface area (Å²) >= 11 is 0. The van der Waals surface area contributed by atoms with Crippen LogP contribution in [-0.2, 0) is 28.6 Å². The van der Waals surface area contributed by atoms with Gasteiger partial charge in [0, 0.05) is 36.6 Å². The Hall–Kier alpha value is -2.87. The minimum Gasteiger partial charge on any atom is -0.463 e. The molecule has 1 aliphatic rings. The largest absolute Gasteiger partial charge is 0.463 e. The maximum Gasteiger partial charge on any atom is 0.331 e. The van der Waals surface area contributed by atoms with Crippen molar-refractivity contribution in [1.29, 1.82) is 0 Å². The topological polar surface area (TPSA) is 94.2 Å². The number of carbonyl (C=O) groups excluding carboxylic acids is 3. The Morgan fingerprint density at radius 1 is 1.08 bits per heavy atom. The van der Waals surface area contributed by atoms with Gasteiger partial charge in [0.1, 0.15) is 0 Å². The van der Waals surface area contributed by atoms with Crippen molar-refractivity contribution in [1.82, 2.24) is 0 Å². The van der Waals surface area contributed by atoms with E-state index in [-0.39, 0.29) is 6.61 Å². The van der Waals surface area contributed by atoms with Crippen molar-refractivity contribution in [3.05, 3.63) is 36.4 Å². The first-order chi connectivity index (χ1) is 12.6. The molecular weight excluding hydrogens is 340 g/mol. The third-order valence-corrected chi connectivity index (χ3v) is 3.51. The molecule has 2 rings (SSSR count). The SMILES string of the molecule is CCOC(=O)/C=C/C(=O)OCC(=O)Nc1ccc(N2CCOCC2)cc1. The lowest BCUT2D eigenvalue weighted by atomic mass is 10.2. The first-order valence-electron chi connectivity index (χ1n) is 8.32. The second kappa shape index (κ2) is 10.2. The molecule has 0 aliphatic carbocycles. The van der Waals surface area contributed by atoms with E-state index in [9.17, 15) is 14.4 Å². The van der Waals surface area contributed by atoms with Gasteiger partial charge in [-0.2, -0.15) is 0 Å². The van der Waals surface area contributed by atoms with E-state index >= 15 is 0 Å². The number of nitrogens with zero attached hydrogens (tertiary/aromatic N) is 1. The number of esters is 2. The molecule has 1 N–H and O–H groups in total. The van der Waals surface area contributed by atoms with Crippen LogP contribution in [0.2, 0.25) is 0 Å². The third kappa shape index (κ3) is 6.56. The van der Waals surface area contributed by atoms with Crippen molar-refractivity contribution in [2.45, 2.75) is 6.92 Å². The maximum atomic E-state index is 11.8. The van der Waals surface area contributed by atoms with E-state index in [1.54, 1.807) is 19.1 Å². The van der Waals surface area contributed by atoms with E-state index in [1.165, 1.54) is 0 Å². The van der Waals surface area contributed by atoms with E-state index < -0.39 is 24.5 Å². The summed E-state index contributed by atoms with van der Waals surface area (Å²) in [4.78, 5) is 36.5. The van der Waals surface area contributed by atoms with E-state index in [4.69, 9.17) is 9.47 Å². The zero-order valence-electron chi connectivity index (χ0n) is 14.6. The number of rotatable bonds is 7. The highest BCUT2D eigenvalue weighted by Crippen LogP contribution is 2.18. The number of nitrogens with one attached hydrogen (secondary N) is 1. The molecule has 0 radical (unpaired) electrons. The lowest BCUT2D eigenvalue weighted by Gasteiger charge is -2.28. The third-order valence-electron chi connectivity index (χ3n) is 3.51. The van der Waals surface area contributed by atoms with Gasteiger partial charge < -0.3 is 24.4 Å². The van der Waals surface area contributed by atoms with Gasteiger partial charge in [-0.1, -0.05) is 0 Å². The van der Waals surface area contributed by atoms with Crippen molar-refractivity contribution >= 4 is 29.2 Å². The molecule has 1 heterocycles. The molecule has 0 unspecified atom stereocenters. The van der Waals surface area contributed by atoms with Crippen molar-refractivity contribution in [2.75, 3.05) is 49.7 Å². The Balaban J connectivity index is 1.75. The number of morpholine rings is 1. The van der Waals surface area contributed by atoms with Crippen LogP contribution in [0.4, 0.5) is 11.4 Å². The second-order valence-electron chi connectivity index (χ2n) is 5.39. The Labute approximate surface area is 151 Å². The van der Waals surface area contributed by atoms with E-state index in [0.717, 1.165) is 30.9 Å². The number of amides is 1. The molecule has 1 fully saturated rings. The Morgan fingerprint density at radius 3 is 2.31 bits per heavy atom. The van der Waals surface area contributed by atoms with Gasteiger partial charge in [-0.25, -0.2) is 9.59 Å². The zero-order valence-corrected chi connectivity index (χ0v) is 14.6. The Kier molecular flexibility index (Phi) is 7.63. The summed E-state index contributed by atoms with van der Waals surface area (Å²) < 4.78 is 14.7. The molecule has 0 spiro atoms. The van der Waals surface area contributed by atoms with Crippen LogP contribution in [0.25, 0.3) is 0 Å². The van der Waals surface area contributed by atoms with E-state index in [2.05, 4.69) is 15.0 Å². The van der Waals surface area contributed by atoms with Crippen LogP contribution in [0, 0.1) is 0 Å². The van der Waals surface area contributed by atoms with Crippen LogP contribution in [0.5, 0.6) is 0 Å². The molecule has 8 nitrogen and oxygen atoms in total. The first kappa shape index (κ1) is 19.5. The Bertz CT molecular complexity index is 650. The summed E-state index contributed by atoms with van der Waals surface area (Å²) in [5.74, 6) is -1.91. The van der Waals surface area contributed by atoms with Crippen LogP contribution in [-0.4, -0.2) is 57.4 Å². The van der Waals surface area contributed by atoms with Gasteiger partial charge in [0.25, 0.3) is 5.91 Å². The van der Waals surface area contributed by atoms with E-state index in [1.807, 2.05) is 12.1 Å². The fraction of sp³-hybridized carbons (Fsp3) is 0.389. The van der Waals surface area contributed by atoms with Gasteiger partial charge in [-0.05, 0) is 31.2 Å². The molecule has 0 saturated carbocycles. The molecule has 0 bridgehead atoms. The smallest absolute Gasteiger partial charge is 0.331 e. The number of ether oxygens (including phenoxy) is 3. The minimum atomic E-state index is -0.795. The standard InChI is InChI=1S/C18H22N2O6/c1-2-25-17(22)7-8-18(23)26-13-16(21)19-14-3-5-15(6-4-14)20-9-11-24-12-10-20/h3-8H,2,9-13H2,1H3,(H,19,21)/b8-7+. The van der Waals surface area contributed by atoms with Crippen LogP contribution < -0.4 is 10.2 Å². The highest BCUT2D eigenvalue weighted by Gasteiger charge is 2.11. The average Bonchev–Trinajstić information content (AvgIpc) is 2.66. The molecule has 0 aromatic heterocycles. The summed E-state index contributed by atoms with van der Waals surface area (Å²) in [5, 5.41) is 2.64. The highest BCUT2D eigenvalue weighted by atomic mass is 16.5. The second-order valence-corrected chi connectivity index (χ2v) is 5.39. The predicted octanol–water partition coefficient (Wildman–Crippen LogP) is 1.12.